The largest absolute Gasteiger partial charge is 0.480 e. The maximum Gasteiger partial charge on any atom is 0.326 e. The van der Waals surface area contributed by atoms with Crippen LogP contribution in [0.15, 0.2) is 0 Å². The molecule has 1 rings (SSSR count). The van der Waals surface area contributed by atoms with Crippen LogP contribution in [0.5, 0.6) is 0 Å². The first-order valence-electron chi connectivity index (χ1n) is 6.79. The van der Waals surface area contributed by atoms with E-state index in [9.17, 15) is 9.59 Å². The third kappa shape index (κ3) is 6.18. The fraction of sp³-hybridized carbons (Fsp3) is 0.846. The van der Waals surface area contributed by atoms with E-state index in [1.807, 2.05) is 6.26 Å². The van der Waals surface area contributed by atoms with Crippen molar-refractivity contribution < 1.29 is 14.7 Å². The summed E-state index contributed by atoms with van der Waals surface area (Å²) in [5.74, 6) is 1.02. The van der Waals surface area contributed by atoms with Gasteiger partial charge in [0.25, 0.3) is 0 Å². The Hall–Kier alpha value is -0.910. The van der Waals surface area contributed by atoms with Crippen molar-refractivity contribution in [2.45, 2.75) is 38.6 Å². The van der Waals surface area contributed by atoms with E-state index >= 15 is 0 Å². The second kappa shape index (κ2) is 8.30. The minimum absolute atomic E-state index is 0.368. The molecule has 0 radical (unpaired) electrons. The summed E-state index contributed by atoms with van der Waals surface area (Å²) < 4.78 is 0. The molecule has 2 unspecified atom stereocenters. The van der Waals surface area contributed by atoms with Crippen LogP contribution >= 0.6 is 11.8 Å². The molecule has 0 aromatic carbocycles. The molecule has 3 atom stereocenters. The number of carboxylic acid groups (broad SMARTS) is 1. The summed E-state index contributed by atoms with van der Waals surface area (Å²) in [5, 5.41) is 14.3. The summed E-state index contributed by atoms with van der Waals surface area (Å²) in [6.45, 7) is 2.87. The predicted octanol–water partition coefficient (Wildman–Crippen LogP) is 1.93. The molecule has 1 fully saturated rings. The van der Waals surface area contributed by atoms with Crippen molar-refractivity contribution in [3.8, 4) is 0 Å². The van der Waals surface area contributed by atoms with E-state index in [-0.39, 0.29) is 6.03 Å². The topological polar surface area (TPSA) is 78.4 Å². The summed E-state index contributed by atoms with van der Waals surface area (Å²) in [6, 6.07) is -1.16. The Balaban J connectivity index is 2.26. The summed E-state index contributed by atoms with van der Waals surface area (Å²) >= 11 is 1.57. The average Bonchev–Trinajstić information content (AvgIpc) is 2.77. The Morgan fingerprint density at radius 1 is 1.42 bits per heavy atom. The lowest BCUT2D eigenvalue weighted by atomic mass is 10.1. The molecule has 2 amide bonds. The van der Waals surface area contributed by atoms with Gasteiger partial charge in [0.05, 0.1) is 0 Å². The van der Waals surface area contributed by atoms with Gasteiger partial charge < -0.3 is 15.7 Å². The van der Waals surface area contributed by atoms with Crippen LogP contribution in [-0.4, -0.2) is 41.7 Å². The molecule has 5 nitrogen and oxygen atoms in total. The molecule has 0 aromatic heterocycles. The normalized spacial score (nSPS) is 23.9. The van der Waals surface area contributed by atoms with Crippen LogP contribution in [0.3, 0.4) is 0 Å². The Kier molecular flexibility index (Phi) is 7.05. The molecule has 0 aromatic rings. The lowest BCUT2D eigenvalue weighted by molar-refractivity contribution is -0.139. The lowest BCUT2D eigenvalue weighted by Gasteiger charge is -2.16. The molecule has 19 heavy (non-hydrogen) atoms. The minimum Gasteiger partial charge on any atom is -0.480 e. The Bertz CT molecular complexity index is 312. The Morgan fingerprint density at radius 3 is 2.68 bits per heavy atom. The molecule has 1 saturated carbocycles. The Labute approximate surface area is 118 Å². The number of hydrogen-bond donors (Lipinski definition) is 3. The SMILES string of the molecule is CSCC[C@@H](NC(=O)NCC1CCC(C)C1)C(=O)O. The van der Waals surface area contributed by atoms with Gasteiger partial charge >= 0.3 is 12.0 Å². The van der Waals surface area contributed by atoms with E-state index in [2.05, 4.69) is 17.6 Å². The number of urea groups is 1. The van der Waals surface area contributed by atoms with E-state index in [0.717, 1.165) is 24.5 Å². The highest BCUT2D eigenvalue weighted by Gasteiger charge is 2.23. The van der Waals surface area contributed by atoms with Crippen LogP contribution in [0.4, 0.5) is 4.79 Å². The van der Waals surface area contributed by atoms with Crippen LogP contribution in [0, 0.1) is 11.8 Å². The van der Waals surface area contributed by atoms with Gasteiger partial charge in [-0.05, 0) is 43.1 Å². The first-order chi connectivity index (χ1) is 9.02. The number of carbonyl (C=O) groups excluding carboxylic acids is 1. The molecule has 3 N–H and O–H groups in total. The molecular weight excluding hydrogens is 264 g/mol. The number of carbonyl (C=O) groups is 2. The minimum atomic E-state index is -0.973. The quantitative estimate of drug-likeness (QED) is 0.669. The summed E-state index contributed by atoms with van der Waals surface area (Å²) in [7, 11) is 0. The summed E-state index contributed by atoms with van der Waals surface area (Å²) in [5.41, 5.74) is 0. The lowest BCUT2D eigenvalue weighted by Crippen LogP contribution is -2.47. The number of thioether (sulfide) groups is 1. The first kappa shape index (κ1) is 16.1. The van der Waals surface area contributed by atoms with Gasteiger partial charge in [0.1, 0.15) is 6.04 Å². The monoisotopic (exact) mass is 288 g/mol. The Morgan fingerprint density at radius 2 is 2.16 bits per heavy atom. The molecule has 0 bridgehead atoms. The van der Waals surface area contributed by atoms with Crippen molar-refractivity contribution in [3.63, 3.8) is 0 Å². The third-order valence-corrected chi connectivity index (χ3v) is 4.21. The van der Waals surface area contributed by atoms with Crippen molar-refractivity contribution in [3.05, 3.63) is 0 Å². The molecule has 0 saturated heterocycles. The number of rotatable bonds is 7. The zero-order chi connectivity index (χ0) is 14.3. The summed E-state index contributed by atoms with van der Waals surface area (Å²) in [4.78, 5) is 22.7. The molecule has 1 aliphatic rings. The van der Waals surface area contributed by atoms with Crippen LogP contribution in [0.1, 0.15) is 32.6 Å². The van der Waals surface area contributed by atoms with E-state index in [4.69, 9.17) is 5.11 Å². The second-order valence-electron chi connectivity index (χ2n) is 5.31. The summed E-state index contributed by atoms with van der Waals surface area (Å²) in [6.07, 6.45) is 5.88. The van der Waals surface area contributed by atoms with E-state index in [1.165, 1.54) is 6.42 Å². The second-order valence-corrected chi connectivity index (χ2v) is 6.30. The number of nitrogens with one attached hydrogen (secondary N) is 2. The van der Waals surface area contributed by atoms with Gasteiger partial charge in [-0.15, -0.1) is 0 Å². The maximum atomic E-state index is 11.7. The highest BCUT2D eigenvalue weighted by atomic mass is 32.2. The standard InChI is InChI=1S/C13H24N2O3S/c1-9-3-4-10(7-9)8-14-13(18)15-11(12(16)17)5-6-19-2/h9-11H,3-8H2,1-2H3,(H,16,17)(H2,14,15,18)/t9?,10?,11-/m1/s1. The van der Waals surface area contributed by atoms with Crippen LogP contribution in [-0.2, 0) is 4.79 Å². The molecule has 6 heteroatoms. The van der Waals surface area contributed by atoms with Crippen molar-refractivity contribution in [2.75, 3.05) is 18.6 Å². The number of hydrogen-bond acceptors (Lipinski definition) is 3. The van der Waals surface area contributed by atoms with Crippen molar-refractivity contribution in [1.29, 1.82) is 0 Å². The van der Waals surface area contributed by atoms with Crippen molar-refractivity contribution in [1.82, 2.24) is 10.6 Å². The maximum absolute atomic E-state index is 11.7. The molecule has 0 spiro atoms. The molecule has 0 heterocycles. The fourth-order valence-electron chi connectivity index (χ4n) is 2.45. The molecule has 110 valence electrons. The predicted molar refractivity (Wildman–Crippen MR) is 77.5 cm³/mol. The van der Waals surface area contributed by atoms with Crippen molar-refractivity contribution >= 4 is 23.8 Å². The van der Waals surface area contributed by atoms with E-state index in [0.29, 0.717) is 18.9 Å². The van der Waals surface area contributed by atoms with Crippen molar-refractivity contribution in [2.24, 2.45) is 11.8 Å². The fourth-order valence-corrected chi connectivity index (χ4v) is 2.92. The van der Waals surface area contributed by atoms with Gasteiger partial charge in [-0.25, -0.2) is 9.59 Å². The van der Waals surface area contributed by atoms with Crippen LogP contribution < -0.4 is 10.6 Å². The van der Waals surface area contributed by atoms with Crippen LogP contribution in [0.2, 0.25) is 0 Å². The third-order valence-electron chi connectivity index (χ3n) is 3.57. The molecular formula is C13H24N2O3S. The van der Waals surface area contributed by atoms with Gasteiger partial charge in [-0.1, -0.05) is 13.3 Å². The smallest absolute Gasteiger partial charge is 0.326 e. The van der Waals surface area contributed by atoms with Gasteiger partial charge in [-0.2, -0.15) is 11.8 Å². The molecule has 0 aliphatic heterocycles. The van der Waals surface area contributed by atoms with Gasteiger partial charge in [0.15, 0.2) is 0 Å². The van der Waals surface area contributed by atoms with E-state index < -0.39 is 12.0 Å². The number of aliphatic carboxylic acids is 1. The number of carboxylic acids is 1. The zero-order valence-corrected chi connectivity index (χ0v) is 12.5. The highest BCUT2D eigenvalue weighted by Crippen LogP contribution is 2.29. The first-order valence-corrected chi connectivity index (χ1v) is 8.18. The van der Waals surface area contributed by atoms with Crippen LogP contribution in [0.25, 0.3) is 0 Å². The van der Waals surface area contributed by atoms with Gasteiger partial charge in [0.2, 0.25) is 0 Å². The molecule has 1 aliphatic carbocycles. The van der Waals surface area contributed by atoms with Gasteiger partial charge in [0, 0.05) is 6.54 Å². The van der Waals surface area contributed by atoms with Gasteiger partial charge in [-0.3, -0.25) is 0 Å². The highest BCUT2D eigenvalue weighted by molar-refractivity contribution is 7.98. The zero-order valence-electron chi connectivity index (χ0n) is 11.6. The number of amides is 2. The van der Waals surface area contributed by atoms with E-state index in [1.54, 1.807) is 11.8 Å². The average molecular weight is 288 g/mol.